The Labute approximate surface area is 101 Å². The van der Waals surface area contributed by atoms with E-state index in [1.807, 2.05) is 6.92 Å². The second-order valence-electron chi connectivity index (χ2n) is 3.64. The third-order valence-electron chi connectivity index (χ3n) is 2.16. The average Bonchev–Trinajstić information content (AvgIpc) is 2.23. The van der Waals surface area contributed by atoms with Gasteiger partial charge in [0.15, 0.2) is 0 Å². The molecule has 0 aromatic carbocycles. The van der Waals surface area contributed by atoms with Crippen molar-refractivity contribution < 1.29 is 9.53 Å². The van der Waals surface area contributed by atoms with Gasteiger partial charge in [-0.15, -0.1) is 0 Å². The molecule has 1 N–H and O–H groups in total. The Balaban J connectivity index is 3.30. The van der Waals surface area contributed by atoms with E-state index >= 15 is 0 Å². The van der Waals surface area contributed by atoms with Crippen LogP contribution in [0.4, 0.5) is 0 Å². The number of hydrogen-bond acceptors (Lipinski definition) is 2. The second kappa shape index (κ2) is 10.4. The maximum absolute atomic E-state index is 11.5. The Bertz CT molecular complexity index is 165. The van der Waals surface area contributed by atoms with E-state index in [4.69, 9.17) is 4.74 Å². The molecule has 0 spiro atoms. The third-order valence-corrected chi connectivity index (χ3v) is 2.48. The van der Waals surface area contributed by atoms with E-state index in [0.29, 0.717) is 6.61 Å². The summed E-state index contributed by atoms with van der Waals surface area (Å²) >= 11 is 3.28. The van der Waals surface area contributed by atoms with Gasteiger partial charge in [-0.3, -0.25) is 4.79 Å². The van der Waals surface area contributed by atoms with Crippen molar-refractivity contribution in [2.75, 3.05) is 25.1 Å². The molecule has 0 aliphatic rings. The molecule has 3 nitrogen and oxygen atoms in total. The first kappa shape index (κ1) is 14.9. The number of carbonyl (C=O) groups excluding carboxylic acids is 1. The lowest BCUT2D eigenvalue weighted by Gasteiger charge is -2.10. The zero-order valence-corrected chi connectivity index (χ0v) is 11.3. The monoisotopic (exact) mass is 279 g/mol. The van der Waals surface area contributed by atoms with Gasteiger partial charge in [0.2, 0.25) is 5.91 Å². The molecule has 90 valence electrons. The molecule has 0 saturated heterocycles. The minimum atomic E-state index is 0.137. The van der Waals surface area contributed by atoms with E-state index in [0.717, 1.165) is 37.7 Å². The minimum absolute atomic E-state index is 0.137. The number of hydrogen-bond donors (Lipinski definition) is 1. The molecule has 0 aliphatic heterocycles. The Morgan fingerprint density at radius 2 is 2.20 bits per heavy atom. The second-order valence-corrected chi connectivity index (χ2v) is 4.43. The van der Waals surface area contributed by atoms with E-state index in [2.05, 4.69) is 28.2 Å². The first-order chi connectivity index (χ1) is 7.22. The molecular formula is C11H22BrNO2. The molecule has 1 unspecified atom stereocenters. The normalized spacial score (nSPS) is 12.5. The fourth-order valence-electron chi connectivity index (χ4n) is 1.28. The van der Waals surface area contributed by atoms with Crippen LogP contribution < -0.4 is 5.32 Å². The molecule has 0 bridgehead atoms. The Morgan fingerprint density at radius 1 is 1.47 bits per heavy atom. The number of nitrogens with one attached hydrogen (secondary N) is 1. The molecule has 0 heterocycles. The van der Waals surface area contributed by atoms with Crippen molar-refractivity contribution in [2.45, 2.75) is 33.1 Å². The van der Waals surface area contributed by atoms with Crippen molar-refractivity contribution in [3.63, 3.8) is 0 Å². The van der Waals surface area contributed by atoms with E-state index in [1.165, 1.54) is 0 Å². The molecule has 0 saturated carbocycles. The van der Waals surface area contributed by atoms with Crippen LogP contribution in [0, 0.1) is 5.92 Å². The van der Waals surface area contributed by atoms with Crippen LogP contribution in [-0.4, -0.2) is 31.0 Å². The van der Waals surface area contributed by atoms with E-state index in [-0.39, 0.29) is 11.8 Å². The minimum Gasteiger partial charge on any atom is -0.381 e. The predicted octanol–water partition coefficient (Wildman–Crippen LogP) is 2.34. The van der Waals surface area contributed by atoms with Crippen molar-refractivity contribution in [1.29, 1.82) is 0 Å². The summed E-state index contributed by atoms with van der Waals surface area (Å²) in [5.41, 5.74) is 0. The summed E-state index contributed by atoms with van der Waals surface area (Å²) in [6.45, 7) is 6.24. The van der Waals surface area contributed by atoms with Gasteiger partial charge in [0, 0.05) is 24.4 Å². The zero-order valence-electron chi connectivity index (χ0n) is 9.72. The van der Waals surface area contributed by atoms with Crippen LogP contribution in [0.5, 0.6) is 0 Å². The molecule has 0 aromatic rings. The fourth-order valence-corrected chi connectivity index (χ4v) is 1.51. The van der Waals surface area contributed by atoms with Crippen molar-refractivity contribution >= 4 is 21.8 Å². The number of carbonyl (C=O) groups is 1. The van der Waals surface area contributed by atoms with Crippen molar-refractivity contribution in [2.24, 2.45) is 5.92 Å². The van der Waals surface area contributed by atoms with Crippen LogP contribution in [0.2, 0.25) is 0 Å². The summed E-state index contributed by atoms with van der Waals surface area (Å²) in [6, 6.07) is 0. The van der Waals surface area contributed by atoms with Crippen molar-refractivity contribution in [3.8, 4) is 0 Å². The molecule has 0 fully saturated rings. The Morgan fingerprint density at radius 3 is 2.80 bits per heavy atom. The van der Waals surface area contributed by atoms with Crippen LogP contribution in [0.15, 0.2) is 0 Å². The molecule has 0 rings (SSSR count). The highest BCUT2D eigenvalue weighted by molar-refractivity contribution is 9.09. The van der Waals surface area contributed by atoms with Crippen LogP contribution >= 0.6 is 15.9 Å². The molecule has 15 heavy (non-hydrogen) atoms. The summed E-state index contributed by atoms with van der Waals surface area (Å²) < 4.78 is 5.27. The van der Waals surface area contributed by atoms with Crippen LogP contribution in [0.1, 0.15) is 33.1 Å². The van der Waals surface area contributed by atoms with Crippen LogP contribution in [0.3, 0.4) is 0 Å². The van der Waals surface area contributed by atoms with Gasteiger partial charge < -0.3 is 10.1 Å². The molecule has 0 aromatic heterocycles. The van der Waals surface area contributed by atoms with Crippen molar-refractivity contribution in [1.82, 2.24) is 5.32 Å². The van der Waals surface area contributed by atoms with Gasteiger partial charge in [-0.05, 0) is 12.8 Å². The lowest BCUT2D eigenvalue weighted by molar-refractivity contribution is -0.124. The highest BCUT2D eigenvalue weighted by atomic mass is 79.9. The van der Waals surface area contributed by atoms with Gasteiger partial charge in [-0.1, -0.05) is 36.2 Å². The lowest BCUT2D eigenvalue weighted by atomic mass is 10.1. The fraction of sp³-hybridized carbons (Fsp3) is 0.909. The number of amides is 1. The summed E-state index contributed by atoms with van der Waals surface area (Å²) in [5, 5.41) is 3.78. The zero-order chi connectivity index (χ0) is 11.5. The van der Waals surface area contributed by atoms with Gasteiger partial charge in [0.1, 0.15) is 0 Å². The van der Waals surface area contributed by atoms with Gasteiger partial charge in [-0.2, -0.15) is 0 Å². The summed E-state index contributed by atoms with van der Waals surface area (Å²) in [6.07, 6.45) is 2.91. The largest absolute Gasteiger partial charge is 0.381 e. The third kappa shape index (κ3) is 8.88. The SMILES string of the molecule is CCCC(C)C(=O)NCCCOCCBr. The van der Waals surface area contributed by atoms with Crippen molar-refractivity contribution in [3.05, 3.63) is 0 Å². The first-order valence-electron chi connectivity index (χ1n) is 5.63. The smallest absolute Gasteiger partial charge is 0.222 e. The number of ether oxygens (including phenoxy) is 1. The average molecular weight is 280 g/mol. The standard InChI is InChI=1S/C11H22BrNO2/c1-3-5-10(2)11(14)13-7-4-8-15-9-6-12/h10H,3-9H2,1-2H3,(H,13,14). The molecule has 0 aliphatic carbocycles. The predicted molar refractivity (Wildman–Crippen MR) is 66.3 cm³/mol. The number of rotatable bonds is 9. The lowest BCUT2D eigenvalue weighted by Crippen LogP contribution is -2.30. The van der Waals surface area contributed by atoms with Crippen LogP contribution in [-0.2, 0) is 9.53 Å². The van der Waals surface area contributed by atoms with E-state index < -0.39 is 0 Å². The molecule has 4 heteroatoms. The Hall–Kier alpha value is -0.0900. The summed E-state index contributed by atoms with van der Waals surface area (Å²) in [4.78, 5) is 11.5. The summed E-state index contributed by atoms with van der Waals surface area (Å²) in [5.74, 6) is 0.302. The number of halogens is 1. The maximum atomic E-state index is 11.5. The molecule has 1 atom stereocenters. The molecule has 1 amide bonds. The topological polar surface area (TPSA) is 38.3 Å². The quantitative estimate of drug-likeness (QED) is 0.520. The van der Waals surface area contributed by atoms with Gasteiger partial charge >= 0.3 is 0 Å². The molecule has 0 radical (unpaired) electrons. The van der Waals surface area contributed by atoms with Gasteiger partial charge in [-0.25, -0.2) is 0 Å². The van der Waals surface area contributed by atoms with Crippen LogP contribution in [0.25, 0.3) is 0 Å². The highest BCUT2D eigenvalue weighted by Crippen LogP contribution is 2.04. The van der Waals surface area contributed by atoms with Gasteiger partial charge in [0.25, 0.3) is 0 Å². The highest BCUT2D eigenvalue weighted by Gasteiger charge is 2.09. The Kier molecular flexibility index (Phi) is 10.4. The van der Waals surface area contributed by atoms with E-state index in [1.54, 1.807) is 0 Å². The number of alkyl halides is 1. The first-order valence-corrected chi connectivity index (χ1v) is 6.76. The molecular weight excluding hydrogens is 258 g/mol. The van der Waals surface area contributed by atoms with E-state index in [9.17, 15) is 4.79 Å². The summed E-state index contributed by atoms with van der Waals surface area (Å²) in [7, 11) is 0. The van der Waals surface area contributed by atoms with Gasteiger partial charge in [0.05, 0.1) is 6.61 Å². The maximum Gasteiger partial charge on any atom is 0.222 e.